The predicted octanol–water partition coefficient (Wildman–Crippen LogP) is 4.10. The van der Waals surface area contributed by atoms with E-state index in [-0.39, 0.29) is 0 Å². The summed E-state index contributed by atoms with van der Waals surface area (Å²) >= 11 is 0. The zero-order valence-electron chi connectivity index (χ0n) is 9.96. The Labute approximate surface area is 101 Å². The standard InChI is InChI=1S/C11H16NO4P/c1-3-9-17(14,15-4-2)16-11-7-5-10(12-13)6-8-11/h5-8H,3-4,9H2,1-2H3. The van der Waals surface area contributed by atoms with E-state index < -0.39 is 7.60 Å². The van der Waals surface area contributed by atoms with E-state index in [0.717, 1.165) is 0 Å². The van der Waals surface area contributed by atoms with Crippen LogP contribution in [-0.4, -0.2) is 12.8 Å². The van der Waals surface area contributed by atoms with Gasteiger partial charge in [-0.3, -0.25) is 0 Å². The van der Waals surface area contributed by atoms with Gasteiger partial charge in [0.2, 0.25) is 0 Å². The molecule has 0 amide bonds. The Bertz CT molecular complexity index is 394. The van der Waals surface area contributed by atoms with E-state index in [2.05, 4.69) is 5.18 Å². The van der Waals surface area contributed by atoms with Gasteiger partial charge in [0.25, 0.3) is 0 Å². The lowest BCUT2D eigenvalue weighted by molar-refractivity contribution is 0.279. The Hall–Kier alpha value is -1.19. The minimum absolute atomic E-state index is 0.305. The highest BCUT2D eigenvalue weighted by molar-refractivity contribution is 7.54. The Kier molecular flexibility index (Phi) is 5.32. The van der Waals surface area contributed by atoms with Crippen LogP contribution in [0.15, 0.2) is 29.4 Å². The van der Waals surface area contributed by atoms with Crippen molar-refractivity contribution in [3.8, 4) is 5.75 Å². The summed E-state index contributed by atoms with van der Waals surface area (Å²) in [5, 5.41) is 2.77. The minimum atomic E-state index is -3.07. The van der Waals surface area contributed by atoms with Crippen LogP contribution in [0, 0.1) is 4.91 Å². The van der Waals surface area contributed by atoms with Crippen molar-refractivity contribution in [3.63, 3.8) is 0 Å². The molecule has 0 aromatic heterocycles. The van der Waals surface area contributed by atoms with Gasteiger partial charge in [-0.1, -0.05) is 6.92 Å². The zero-order chi connectivity index (χ0) is 12.7. The molecule has 0 N–H and O–H groups in total. The highest BCUT2D eigenvalue weighted by atomic mass is 31.2. The van der Waals surface area contributed by atoms with E-state index in [1.54, 1.807) is 19.1 Å². The maximum absolute atomic E-state index is 12.2. The van der Waals surface area contributed by atoms with E-state index in [1.807, 2.05) is 6.92 Å². The number of hydrogen-bond acceptors (Lipinski definition) is 5. The predicted molar refractivity (Wildman–Crippen MR) is 66.9 cm³/mol. The first kappa shape index (κ1) is 13.9. The van der Waals surface area contributed by atoms with Crippen LogP contribution in [0.25, 0.3) is 0 Å². The molecule has 0 radical (unpaired) electrons. The molecule has 0 fully saturated rings. The third kappa shape index (κ3) is 4.29. The Balaban J connectivity index is 2.78. The van der Waals surface area contributed by atoms with E-state index in [0.29, 0.717) is 30.6 Å². The second-order valence-corrected chi connectivity index (χ2v) is 5.54. The minimum Gasteiger partial charge on any atom is -0.424 e. The van der Waals surface area contributed by atoms with E-state index in [1.165, 1.54) is 12.1 Å². The van der Waals surface area contributed by atoms with Gasteiger partial charge in [-0.05, 0) is 42.8 Å². The number of nitroso groups, excluding NO2 is 1. The largest absolute Gasteiger partial charge is 0.424 e. The summed E-state index contributed by atoms with van der Waals surface area (Å²) in [4.78, 5) is 10.2. The van der Waals surface area contributed by atoms with Crippen molar-refractivity contribution in [1.82, 2.24) is 0 Å². The third-order valence-corrected chi connectivity index (χ3v) is 4.15. The van der Waals surface area contributed by atoms with Crippen molar-refractivity contribution in [2.75, 3.05) is 12.8 Å². The van der Waals surface area contributed by atoms with Crippen LogP contribution < -0.4 is 4.52 Å². The maximum atomic E-state index is 12.2. The van der Waals surface area contributed by atoms with Crippen LogP contribution in [0.2, 0.25) is 0 Å². The molecule has 0 saturated heterocycles. The first-order valence-corrected chi connectivity index (χ1v) is 7.23. The molecule has 0 aliphatic carbocycles. The molecular weight excluding hydrogens is 241 g/mol. The molecule has 1 aromatic carbocycles. The second kappa shape index (κ2) is 6.52. The summed E-state index contributed by atoms with van der Waals surface area (Å²) in [6.45, 7) is 4.02. The SMILES string of the molecule is CCCP(=O)(OCC)Oc1ccc(N=O)cc1. The van der Waals surface area contributed by atoms with Gasteiger partial charge in [0.1, 0.15) is 11.4 Å². The van der Waals surface area contributed by atoms with Crippen molar-refractivity contribution in [2.24, 2.45) is 5.18 Å². The molecule has 0 saturated carbocycles. The van der Waals surface area contributed by atoms with Gasteiger partial charge < -0.3 is 9.05 Å². The van der Waals surface area contributed by atoms with Gasteiger partial charge in [-0.25, -0.2) is 4.57 Å². The first-order valence-electron chi connectivity index (χ1n) is 5.50. The van der Waals surface area contributed by atoms with Crippen LogP contribution in [-0.2, 0) is 9.09 Å². The highest BCUT2D eigenvalue weighted by Crippen LogP contribution is 2.48. The monoisotopic (exact) mass is 257 g/mol. The molecule has 5 nitrogen and oxygen atoms in total. The smallest absolute Gasteiger partial charge is 0.379 e. The van der Waals surface area contributed by atoms with Crippen molar-refractivity contribution >= 4 is 13.3 Å². The number of rotatable bonds is 7. The van der Waals surface area contributed by atoms with Crippen LogP contribution in [0.5, 0.6) is 5.75 Å². The fourth-order valence-electron chi connectivity index (χ4n) is 1.34. The summed E-state index contributed by atoms with van der Waals surface area (Å²) < 4.78 is 22.8. The fourth-order valence-corrected chi connectivity index (χ4v) is 2.99. The molecule has 1 aromatic rings. The van der Waals surface area contributed by atoms with Crippen molar-refractivity contribution in [1.29, 1.82) is 0 Å². The van der Waals surface area contributed by atoms with Gasteiger partial charge in [0, 0.05) is 0 Å². The fraction of sp³-hybridized carbons (Fsp3) is 0.455. The van der Waals surface area contributed by atoms with Crippen molar-refractivity contribution in [2.45, 2.75) is 20.3 Å². The van der Waals surface area contributed by atoms with Crippen molar-refractivity contribution in [3.05, 3.63) is 29.2 Å². The summed E-state index contributed by atoms with van der Waals surface area (Å²) in [5.74, 6) is 0.419. The average Bonchev–Trinajstić information content (AvgIpc) is 2.30. The Morgan fingerprint density at radius 1 is 1.24 bits per heavy atom. The average molecular weight is 257 g/mol. The lowest BCUT2D eigenvalue weighted by Gasteiger charge is -2.17. The van der Waals surface area contributed by atoms with Crippen LogP contribution in [0.1, 0.15) is 20.3 Å². The summed E-state index contributed by atoms with van der Waals surface area (Å²) in [7, 11) is -3.07. The van der Waals surface area contributed by atoms with Gasteiger partial charge in [0.05, 0.1) is 12.8 Å². The Morgan fingerprint density at radius 2 is 1.88 bits per heavy atom. The second-order valence-electron chi connectivity index (χ2n) is 3.43. The molecule has 0 spiro atoms. The van der Waals surface area contributed by atoms with Gasteiger partial charge in [0.15, 0.2) is 0 Å². The topological polar surface area (TPSA) is 65.0 Å². The van der Waals surface area contributed by atoms with E-state index in [4.69, 9.17) is 9.05 Å². The molecule has 0 heterocycles. The number of nitrogens with zero attached hydrogens (tertiary/aromatic N) is 1. The quantitative estimate of drug-likeness (QED) is 0.544. The molecule has 0 aliphatic heterocycles. The zero-order valence-corrected chi connectivity index (χ0v) is 10.9. The van der Waals surface area contributed by atoms with Gasteiger partial charge in [-0.2, -0.15) is 0 Å². The first-order chi connectivity index (χ1) is 8.13. The number of benzene rings is 1. The lowest BCUT2D eigenvalue weighted by Crippen LogP contribution is -2.01. The van der Waals surface area contributed by atoms with E-state index >= 15 is 0 Å². The molecule has 1 rings (SSSR count). The summed E-state index contributed by atoms with van der Waals surface area (Å²) in [5.41, 5.74) is 0.305. The molecule has 94 valence electrons. The molecule has 0 aliphatic rings. The Morgan fingerprint density at radius 3 is 2.35 bits per heavy atom. The van der Waals surface area contributed by atoms with Gasteiger partial charge in [-0.15, -0.1) is 4.91 Å². The highest BCUT2D eigenvalue weighted by Gasteiger charge is 2.24. The van der Waals surface area contributed by atoms with Crippen LogP contribution in [0.4, 0.5) is 5.69 Å². The molecule has 6 heteroatoms. The van der Waals surface area contributed by atoms with Crippen LogP contribution >= 0.6 is 7.60 Å². The number of hydrogen-bond donors (Lipinski definition) is 0. The molecular formula is C11H16NO4P. The molecule has 17 heavy (non-hydrogen) atoms. The lowest BCUT2D eigenvalue weighted by atomic mass is 10.3. The summed E-state index contributed by atoms with van der Waals surface area (Å²) in [6.07, 6.45) is 1.08. The molecule has 1 unspecified atom stereocenters. The maximum Gasteiger partial charge on any atom is 0.379 e. The van der Waals surface area contributed by atoms with E-state index in [9.17, 15) is 9.47 Å². The molecule has 1 atom stereocenters. The third-order valence-electron chi connectivity index (χ3n) is 2.01. The van der Waals surface area contributed by atoms with Gasteiger partial charge >= 0.3 is 7.60 Å². The van der Waals surface area contributed by atoms with Crippen molar-refractivity contribution < 1.29 is 13.6 Å². The normalized spacial score (nSPS) is 14.0. The molecule has 0 bridgehead atoms. The summed E-state index contributed by atoms with van der Waals surface area (Å²) in [6, 6.07) is 6.12. The van der Waals surface area contributed by atoms with Crippen LogP contribution in [0.3, 0.4) is 0 Å².